The molecule has 146 valence electrons. The zero-order valence-electron chi connectivity index (χ0n) is 16.9. The molecule has 0 aliphatic rings. The largest absolute Gasteiger partial charge is 0.270 e. The van der Waals surface area contributed by atoms with Gasteiger partial charge in [0.15, 0.2) is 11.0 Å². The Hall–Kier alpha value is -2.92. The number of aromatic nitrogens is 4. The standard InChI is InChI=1S/C24H24N4S/c1-24(2,3)20-11-9-18(10-12-20)17-29-23-27-26-22(19-13-15-25-16-14-19)28(23)21-7-5-4-6-8-21/h4-16H,17H2,1-3H3. The van der Waals surface area contributed by atoms with E-state index in [9.17, 15) is 0 Å². The molecule has 4 aromatic rings. The SMILES string of the molecule is CC(C)(C)c1ccc(CSc2nnc(-c3ccncc3)n2-c2ccccc2)cc1. The van der Waals surface area contributed by atoms with Gasteiger partial charge >= 0.3 is 0 Å². The van der Waals surface area contributed by atoms with E-state index in [1.54, 1.807) is 24.2 Å². The van der Waals surface area contributed by atoms with Crippen LogP contribution in [0, 0.1) is 0 Å². The first-order chi connectivity index (χ1) is 14.0. The van der Waals surface area contributed by atoms with Gasteiger partial charge in [0.25, 0.3) is 0 Å². The highest BCUT2D eigenvalue weighted by Gasteiger charge is 2.17. The summed E-state index contributed by atoms with van der Waals surface area (Å²) < 4.78 is 2.11. The van der Waals surface area contributed by atoms with Crippen molar-refractivity contribution in [1.82, 2.24) is 19.7 Å². The van der Waals surface area contributed by atoms with E-state index < -0.39 is 0 Å². The lowest BCUT2D eigenvalue weighted by Gasteiger charge is -2.19. The first kappa shape index (κ1) is 19.4. The van der Waals surface area contributed by atoms with Crippen LogP contribution >= 0.6 is 11.8 Å². The molecule has 2 heterocycles. The van der Waals surface area contributed by atoms with Gasteiger partial charge in [-0.1, -0.05) is 75.0 Å². The van der Waals surface area contributed by atoms with Crippen LogP contribution in [0.5, 0.6) is 0 Å². The highest BCUT2D eigenvalue weighted by Crippen LogP contribution is 2.30. The maximum atomic E-state index is 4.50. The molecule has 0 fully saturated rings. The van der Waals surface area contributed by atoms with E-state index in [0.717, 1.165) is 28.0 Å². The van der Waals surface area contributed by atoms with Crippen molar-refractivity contribution < 1.29 is 0 Å². The Bertz CT molecular complexity index is 1070. The van der Waals surface area contributed by atoms with Crippen molar-refractivity contribution in [3.63, 3.8) is 0 Å². The molecule has 0 bridgehead atoms. The molecular formula is C24H24N4S. The van der Waals surface area contributed by atoms with Crippen LogP contribution < -0.4 is 0 Å². The Labute approximate surface area is 176 Å². The first-order valence-electron chi connectivity index (χ1n) is 9.66. The summed E-state index contributed by atoms with van der Waals surface area (Å²) >= 11 is 1.70. The number of para-hydroxylation sites is 1. The van der Waals surface area contributed by atoms with E-state index >= 15 is 0 Å². The second-order valence-corrected chi connectivity index (χ2v) is 8.89. The molecule has 0 aliphatic carbocycles. The Morgan fingerprint density at radius 2 is 1.52 bits per heavy atom. The first-order valence-corrected chi connectivity index (χ1v) is 10.6. The van der Waals surface area contributed by atoms with Gasteiger partial charge in [0, 0.05) is 29.4 Å². The summed E-state index contributed by atoms with van der Waals surface area (Å²) in [6.45, 7) is 6.71. The van der Waals surface area contributed by atoms with Crippen LogP contribution in [0.4, 0.5) is 0 Å². The number of pyridine rings is 1. The van der Waals surface area contributed by atoms with Gasteiger partial charge in [-0.25, -0.2) is 0 Å². The minimum absolute atomic E-state index is 0.165. The van der Waals surface area contributed by atoms with Gasteiger partial charge in [0.1, 0.15) is 0 Å². The van der Waals surface area contributed by atoms with Crippen LogP contribution in [0.1, 0.15) is 31.9 Å². The maximum absolute atomic E-state index is 4.50. The van der Waals surface area contributed by atoms with Crippen molar-refractivity contribution in [2.75, 3.05) is 0 Å². The van der Waals surface area contributed by atoms with E-state index in [-0.39, 0.29) is 5.41 Å². The summed E-state index contributed by atoms with van der Waals surface area (Å²) in [4.78, 5) is 4.12. The van der Waals surface area contributed by atoms with Crippen LogP contribution in [0.15, 0.2) is 84.3 Å². The van der Waals surface area contributed by atoms with Gasteiger partial charge in [-0.15, -0.1) is 10.2 Å². The molecule has 0 aliphatic heterocycles. The third kappa shape index (κ3) is 4.40. The third-order valence-electron chi connectivity index (χ3n) is 4.77. The molecule has 0 spiro atoms. The fourth-order valence-corrected chi connectivity index (χ4v) is 4.02. The Kier molecular flexibility index (Phi) is 5.49. The predicted molar refractivity (Wildman–Crippen MR) is 119 cm³/mol. The van der Waals surface area contributed by atoms with Gasteiger partial charge in [-0.3, -0.25) is 9.55 Å². The minimum Gasteiger partial charge on any atom is -0.270 e. The van der Waals surface area contributed by atoms with Crippen LogP contribution in [0.3, 0.4) is 0 Å². The van der Waals surface area contributed by atoms with Gasteiger partial charge in [-0.05, 0) is 40.8 Å². The molecule has 0 amide bonds. The highest BCUT2D eigenvalue weighted by molar-refractivity contribution is 7.98. The molecule has 0 saturated carbocycles. The van der Waals surface area contributed by atoms with Gasteiger partial charge in [0.2, 0.25) is 0 Å². The summed E-state index contributed by atoms with van der Waals surface area (Å²) in [6.07, 6.45) is 3.56. The van der Waals surface area contributed by atoms with E-state index in [1.165, 1.54) is 11.1 Å². The van der Waals surface area contributed by atoms with Crippen LogP contribution in [-0.4, -0.2) is 19.7 Å². The fourth-order valence-electron chi connectivity index (χ4n) is 3.11. The monoisotopic (exact) mass is 400 g/mol. The molecule has 5 heteroatoms. The second kappa shape index (κ2) is 8.21. The van der Waals surface area contributed by atoms with Crippen molar-refractivity contribution >= 4 is 11.8 Å². The fraction of sp³-hybridized carbons (Fsp3) is 0.208. The van der Waals surface area contributed by atoms with Crippen LogP contribution in [-0.2, 0) is 11.2 Å². The lowest BCUT2D eigenvalue weighted by Crippen LogP contribution is -2.10. The van der Waals surface area contributed by atoms with Gasteiger partial charge < -0.3 is 0 Å². The summed E-state index contributed by atoms with van der Waals surface area (Å²) in [7, 11) is 0. The third-order valence-corrected chi connectivity index (χ3v) is 5.77. The normalized spacial score (nSPS) is 11.6. The van der Waals surface area contributed by atoms with Gasteiger partial charge in [-0.2, -0.15) is 0 Å². The Balaban J connectivity index is 1.63. The smallest absolute Gasteiger partial charge is 0.196 e. The lowest BCUT2D eigenvalue weighted by molar-refractivity contribution is 0.590. The maximum Gasteiger partial charge on any atom is 0.196 e. The van der Waals surface area contributed by atoms with E-state index in [2.05, 4.69) is 76.9 Å². The van der Waals surface area contributed by atoms with Crippen LogP contribution in [0.25, 0.3) is 17.1 Å². The number of hydrogen-bond donors (Lipinski definition) is 0. The van der Waals surface area contributed by atoms with Crippen LogP contribution in [0.2, 0.25) is 0 Å². The van der Waals surface area contributed by atoms with E-state index in [4.69, 9.17) is 0 Å². The molecular weight excluding hydrogens is 376 g/mol. The van der Waals surface area contributed by atoms with Crippen molar-refractivity contribution in [2.24, 2.45) is 0 Å². The number of thioether (sulfide) groups is 1. The van der Waals surface area contributed by atoms with E-state index in [1.807, 2.05) is 30.3 Å². The van der Waals surface area contributed by atoms with Gasteiger partial charge in [0.05, 0.1) is 0 Å². The van der Waals surface area contributed by atoms with Crippen molar-refractivity contribution in [2.45, 2.75) is 37.1 Å². The zero-order valence-corrected chi connectivity index (χ0v) is 17.7. The molecule has 0 atom stereocenters. The molecule has 0 N–H and O–H groups in total. The molecule has 29 heavy (non-hydrogen) atoms. The molecule has 4 nitrogen and oxygen atoms in total. The van der Waals surface area contributed by atoms with E-state index in [0.29, 0.717) is 0 Å². The quantitative estimate of drug-likeness (QED) is 0.390. The summed E-state index contributed by atoms with van der Waals surface area (Å²) in [5, 5.41) is 9.86. The molecule has 4 rings (SSSR count). The van der Waals surface area contributed by atoms with Crippen molar-refractivity contribution in [1.29, 1.82) is 0 Å². The molecule has 0 radical (unpaired) electrons. The number of benzene rings is 2. The average molecular weight is 401 g/mol. The topological polar surface area (TPSA) is 43.6 Å². The predicted octanol–water partition coefficient (Wildman–Crippen LogP) is 5.92. The average Bonchev–Trinajstić information content (AvgIpc) is 3.17. The molecule has 2 aromatic carbocycles. The summed E-state index contributed by atoms with van der Waals surface area (Å²) in [5.74, 6) is 1.66. The lowest BCUT2D eigenvalue weighted by atomic mass is 9.87. The second-order valence-electron chi connectivity index (χ2n) is 7.95. The minimum atomic E-state index is 0.165. The van der Waals surface area contributed by atoms with Crippen molar-refractivity contribution in [3.05, 3.63) is 90.3 Å². The summed E-state index contributed by atoms with van der Waals surface area (Å²) in [6, 6.07) is 23.0. The van der Waals surface area contributed by atoms with Crippen molar-refractivity contribution in [3.8, 4) is 17.1 Å². The zero-order chi connectivity index (χ0) is 20.3. The number of rotatable bonds is 5. The highest BCUT2D eigenvalue weighted by atomic mass is 32.2. The number of hydrogen-bond acceptors (Lipinski definition) is 4. The summed E-state index contributed by atoms with van der Waals surface area (Å²) in [5.41, 5.74) is 4.83. The Morgan fingerprint density at radius 3 is 2.17 bits per heavy atom. The molecule has 0 unspecified atom stereocenters. The number of nitrogens with zero attached hydrogens (tertiary/aromatic N) is 4. The Morgan fingerprint density at radius 1 is 0.828 bits per heavy atom. The molecule has 0 saturated heterocycles. The molecule has 2 aromatic heterocycles.